The Morgan fingerprint density at radius 3 is 2.02 bits per heavy atom. The van der Waals surface area contributed by atoms with Crippen LogP contribution in [0.2, 0.25) is 5.02 Å². The number of benzene rings is 4. The van der Waals surface area contributed by atoms with Gasteiger partial charge in [0.05, 0.1) is 22.6 Å². The molecule has 4 rings (SSSR count). The van der Waals surface area contributed by atoms with Crippen LogP contribution >= 0.6 is 19.2 Å². The van der Waals surface area contributed by atoms with Crippen molar-refractivity contribution in [1.82, 2.24) is 4.31 Å². The van der Waals surface area contributed by atoms with E-state index in [1.807, 2.05) is 0 Å². The van der Waals surface area contributed by atoms with Crippen LogP contribution in [0.15, 0.2) is 101 Å². The van der Waals surface area contributed by atoms with Gasteiger partial charge in [-0.25, -0.2) is 16.8 Å². The number of halogens is 3. The molecule has 0 aromatic heterocycles. The molecule has 0 aliphatic heterocycles. The number of alkyl halides is 2. The zero-order chi connectivity index (χ0) is 32.5. The van der Waals surface area contributed by atoms with Crippen molar-refractivity contribution < 1.29 is 44.7 Å². The number of ether oxygens (including phenoxy) is 1. The van der Waals surface area contributed by atoms with Crippen molar-refractivity contribution in [3.05, 3.63) is 113 Å². The Kier molecular flexibility index (Phi) is 9.72. The normalized spacial score (nSPS) is 12.8. The van der Waals surface area contributed by atoms with Gasteiger partial charge in [-0.3, -0.25) is 4.57 Å². The molecule has 0 unspecified atom stereocenters. The first-order valence-corrected chi connectivity index (χ1v) is 18.0. The maximum atomic E-state index is 14.4. The number of sulfonamides is 1. The standard InChI is InChI=1S/C29H27ClF2NO8PS2/c1-41-27-8-3-4-9-28(27)44(39,40)33(19-21-10-15-25(26(30)17-21)29(31,32)42(34,35)36)18-20-6-5-7-23(16-20)22-11-13-24(14-12-22)43(2,37)38/h3-17H,18-19H2,1-2H3,(H2,34,35,36). The first kappa shape index (κ1) is 33.7. The van der Waals surface area contributed by atoms with E-state index in [-0.39, 0.29) is 34.2 Å². The van der Waals surface area contributed by atoms with Gasteiger partial charge in [0.15, 0.2) is 9.84 Å². The van der Waals surface area contributed by atoms with Crippen LogP contribution in [0.1, 0.15) is 16.7 Å². The third-order valence-corrected chi connectivity index (χ3v) is 10.9. The fraction of sp³-hybridized carbons (Fsp3) is 0.172. The maximum absolute atomic E-state index is 14.4. The van der Waals surface area contributed by atoms with E-state index in [0.717, 1.165) is 28.8 Å². The molecule has 0 radical (unpaired) electrons. The molecule has 234 valence electrons. The molecule has 15 heteroatoms. The van der Waals surface area contributed by atoms with Gasteiger partial charge in [0, 0.05) is 19.3 Å². The first-order valence-electron chi connectivity index (χ1n) is 12.7. The first-order chi connectivity index (χ1) is 20.4. The minimum atomic E-state index is -5.89. The van der Waals surface area contributed by atoms with Crippen molar-refractivity contribution in [2.75, 3.05) is 13.4 Å². The summed E-state index contributed by atoms with van der Waals surface area (Å²) >= 11 is 6.02. The molecule has 44 heavy (non-hydrogen) atoms. The summed E-state index contributed by atoms with van der Waals surface area (Å²) in [6.45, 7) is -0.539. The van der Waals surface area contributed by atoms with Crippen molar-refractivity contribution in [3.63, 3.8) is 0 Å². The third-order valence-electron chi connectivity index (χ3n) is 6.67. The predicted octanol–water partition coefficient (Wildman–Crippen LogP) is 6.04. The lowest BCUT2D eigenvalue weighted by Crippen LogP contribution is -2.30. The summed E-state index contributed by atoms with van der Waals surface area (Å²) in [6, 6.07) is 22.0. The molecule has 0 saturated carbocycles. The van der Waals surface area contributed by atoms with Gasteiger partial charge >= 0.3 is 13.3 Å². The van der Waals surface area contributed by atoms with E-state index < -0.39 is 43.7 Å². The minimum Gasteiger partial charge on any atom is -0.495 e. The Balaban J connectivity index is 1.75. The largest absolute Gasteiger partial charge is 0.495 e. The van der Waals surface area contributed by atoms with E-state index in [0.29, 0.717) is 16.7 Å². The van der Waals surface area contributed by atoms with Crippen LogP contribution in [0, 0.1) is 0 Å². The van der Waals surface area contributed by atoms with E-state index >= 15 is 0 Å². The van der Waals surface area contributed by atoms with Crippen LogP contribution in [-0.4, -0.2) is 44.3 Å². The van der Waals surface area contributed by atoms with Crippen LogP contribution < -0.4 is 4.74 Å². The van der Waals surface area contributed by atoms with Crippen molar-refractivity contribution in [1.29, 1.82) is 0 Å². The number of hydrogen-bond acceptors (Lipinski definition) is 6. The summed E-state index contributed by atoms with van der Waals surface area (Å²) in [5.74, 6) is 0.0758. The molecule has 0 atom stereocenters. The summed E-state index contributed by atoms with van der Waals surface area (Å²) in [5, 5.41) is -0.648. The van der Waals surface area contributed by atoms with Gasteiger partial charge in [0.2, 0.25) is 10.0 Å². The second-order valence-electron chi connectivity index (χ2n) is 9.82. The molecular formula is C29H27ClF2NO8PS2. The molecule has 0 saturated heterocycles. The minimum absolute atomic E-state index is 0.0758. The Morgan fingerprint density at radius 1 is 0.841 bits per heavy atom. The smallest absolute Gasteiger partial charge is 0.399 e. The number of rotatable bonds is 11. The predicted molar refractivity (Wildman–Crippen MR) is 162 cm³/mol. The Hall–Kier alpha value is -3.16. The molecule has 4 aromatic carbocycles. The molecule has 2 N–H and O–H groups in total. The summed E-state index contributed by atoms with van der Waals surface area (Å²) < 4.78 is 98.1. The lowest BCUT2D eigenvalue weighted by atomic mass is 10.0. The van der Waals surface area contributed by atoms with Crippen LogP contribution in [0.4, 0.5) is 8.78 Å². The SMILES string of the molecule is COc1ccccc1S(=O)(=O)N(Cc1cccc(-c2ccc(S(C)(=O)=O)cc2)c1)Cc1ccc(C(F)(F)P(=O)(O)O)c(Cl)c1. The van der Waals surface area contributed by atoms with E-state index in [4.69, 9.17) is 26.1 Å². The van der Waals surface area contributed by atoms with E-state index in [9.17, 15) is 30.2 Å². The number of methoxy groups -OCH3 is 1. The quantitative estimate of drug-likeness (QED) is 0.182. The lowest BCUT2D eigenvalue weighted by molar-refractivity contribution is 0.0565. The maximum Gasteiger partial charge on any atom is 0.399 e. The van der Waals surface area contributed by atoms with E-state index in [1.54, 1.807) is 42.5 Å². The van der Waals surface area contributed by atoms with E-state index in [1.165, 1.54) is 37.4 Å². The van der Waals surface area contributed by atoms with E-state index in [2.05, 4.69) is 0 Å². The molecule has 4 aromatic rings. The monoisotopic (exact) mass is 685 g/mol. The van der Waals surface area contributed by atoms with Gasteiger partial charge in [0.25, 0.3) is 0 Å². The molecule has 0 heterocycles. The van der Waals surface area contributed by atoms with Crippen LogP contribution in [0.3, 0.4) is 0 Å². The highest BCUT2D eigenvalue weighted by Gasteiger charge is 2.51. The fourth-order valence-electron chi connectivity index (χ4n) is 4.41. The average molecular weight is 686 g/mol. The van der Waals surface area contributed by atoms with Crippen LogP contribution in [0.5, 0.6) is 5.75 Å². The fourth-order valence-corrected chi connectivity index (χ4v) is 7.51. The number of nitrogens with zero attached hydrogens (tertiary/aromatic N) is 1. The van der Waals surface area contributed by atoms with Gasteiger partial charge in [-0.05, 0) is 58.7 Å². The second-order valence-corrected chi connectivity index (χ2v) is 15.8. The number of hydrogen-bond donors (Lipinski definition) is 2. The molecule has 0 spiro atoms. The molecule has 9 nitrogen and oxygen atoms in total. The number of sulfone groups is 1. The zero-order valence-electron chi connectivity index (χ0n) is 23.3. The topological polar surface area (TPSA) is 138 Å². The van der Waals surface area contributed by atoms with Gasteiger partial charge < -0.3 is 14.5 Å². The van der Waals surface area contributed by atoms with Gasteiger partial charge in [-0.15, -0.1) is 0 Å². The lowest BCUT2D eigenvalue weighted by Gasteiger charge is -2.25. The second kappa shape index (κ2) is 12.7. The molecule has 0 amide bonds. The molecule has 0 aliphatic carbocycles. The summed E-state index contributed by atoms with van der Waals surface area (Å²) in [4.78, 5) is 18.2. The van der Waals surface area contributed by atoms with Gasteiger partial charge in [-0.2, -0.15) is 13.1 Å². The summed E-state index contributed by atoms with van der Waals surface area (Å²) in [7, 11) is -12.3. The summed E-state index contributed by atoms with van der Waals surface area (Å²) in [6.07, 6.45) is 1.10. The Labute approximate surface area is 258 Å². The van der Waals surface area contributed by atoms with Gasteiger partial charge in [0.1, 0.15) is 10.6 Å². The molecule has 0 bridgehead atoms. The molecule has 0 fully saturated rings. The molecular weight excluding hydrogens is 659 g/mol. The third kappa shape index (κ3) is 7.21. The number of para-hydroxylation sites is 1. The Bertz CT molecular complexity index is 1950. The van der Waals surface area contributed by atoms with Crippen molar-refractivity contribution in [3.8, 4) is 16.9 Å². The van der Waals surface area contributed by atoms with Crippen LogP contribution in [-0.2, 0) is 43.2 Å². The molecule has 0 aliphatic rings. The highest BCUT2D eigenvalue weighted by molar-refractivity contribution is 7.90. The van der Waals surface area contributed by atoms with Crippen molar-refractivity contribution >= 4 is 39.1 Å². The highest BCUT2D eigenvalue weighted by atomic mass is 35.5. The average Bonchev–Trinajstić information content (AvgIpc) is 2.96. The van der Waals surface area contributed by atoms with Crippen molar-refractivity contribution in [2.24, 2.45) is 0 Å². The van der Waals surface area contributed by atoms with Crippen molar-refractivity contribution in [2.45, 2.75) is 28.5 Å². The summed E-state index contributed by atoms with van der Waals surface area (Å²) in [5.41, 5.74) is -3.55. The van der Waals surface area contributed by atoms with Gasteiger partial charge in [-0.1, -0.05) is 66.2 Å². The zero-order valence-corrected chi connectivity index (χ0v) is 26.5. The highest BCUT2D eigenvalue weighted by Crippen LogP contribution is 2.60. The Morgan fingerprint density at radius 2 is 1.45 bits per heavy atom. The van der Waals surface area contributed by atoms with Crippen LogP contribution in [0.25, 0.3) is 11.1 Å².